The van der Waals surface area contributed by atoms with Gasteiger partial charge in [-0.1, -0.05) is 25.1 Å². The monoisotopic (exact) mass is 485 g/mol. The van der Waals surface area contributed by atoms with Crippen molar-refractivity contribution in [2.45, 2.75) is 26.1 Å². The third-order valence-corrected chi connectivity index (χ3v) is 4.72. The normalized spacial score (nSPS) is 10.9. The molecular weight excluding hydrogens is 463 g/mol. The second kappa shape index (κ2) is 11.2. The van der Waals surface area contributed by atoms with Crippen LogP contribution in [0.3, 0.4) is 0 Å². The Labute approximate surface area is 198 Å². The molecule has 2 heterocycles. The van der Waals surface area contributed by atoms with Crippen molar-refractivity contribution in [3.05, 3.63) is 84.8 Å². The lowest BCUT2D eigenvalue weighted by atomic mass is 10.1. The lowest BCUT2D eigenvalue weighted by Gasteiger charge is -2.07. The van der Waals surface area contributed by atoms with Gasteiger partial charge in [0.25, 0.3) is 5.91 Å². The van der Waals surface area contributed by atoms with Crippen LogP contribution in [-0.4, -0.2) is 32.7 Å². The molecule has 2 N–H and O–H groups in total. The molecule has 182 valence electrons. The van der Waals surface area contributed by atoms with E-state index < -0.39 is 12.1 Å². The number of ether oxygens (including phenoxy) is 1. The summed E-state index contributed by atoms with van der Waals surface area (Å²) in [5.41, 5.74) is 2.48. The fraction of sp³-hybridized carbons (Fsp3) is 0.160. The first-order valence-electron chi connectivity index (χ1n) is 10.6. The summed E-state index contributed by atoms with van der Waals surface area (Å²) in [6.07, 6.45) is 1.21. The molecule has 0 fully saturated rings. The molecule has 35 heavy (non-hydrogen) atoms. The van der Waals surface area contributed by atoms with Gasteiger partial charge in [0.1, 0.15) is 11.5 Å². The van der Waals surface area contributed by atoms with Crippen molar-refractivity contribution < 1.29 is 32.6 Å². The summed E-state index contributed by atoms with van der Waals surface area (Å²) in [6.45, 7) is 3.01. The number of aryl methyl sites for hydroxylation is 1. The lowest BCUT2D eigenvalue weighted by Crippen LogP contribution is -2.21. The summed E-state index contributed by atoms with van der Waals surface area (Å²) >= 11 is 0. The highest BCUT2D eigenvalue weighted by molar-refractivity contribution is 6.13. The number of benzene rings is 2. The van der Waals surface area contributed by atoms with Crippen molar-refractivity contribution in [3.63, 3.8) is 0 Å². The Hall–Kier alpha value is -4.34. The number of rotatable bonds is 6. The molecule has 0 aliphatic heterocycles. The van der Waals surface area contributed by atoms with E-state index in [0.29, 0.717) is 17.1 Å². The number of anilines is 1. The molecule has 0 radical (unpaired) electrons. The van der Waals surface area contributed by atoms with Crippen LogP contribution in [0.15, 0.2) is 79.3 Å². The van der Waals surface area contributed by atoms with E-state index in [-0.39, 0.29) is 5.91 Å². The molecule has 1 amide bonds. The smallest absolute Gasteiger partial charge is 0.475 e. The van der Waals surface area contributed by atoms with Crippen molar-refractivity contribution in [2.24, 2.45) is 0 Å². The number of carbonyl (C=O) groups is 2. The molecule has 2 aromatic heterocycles. The zero-order valence-electron chi connectivity index (χ0n) is 18.6. The second-order valence-electron chi connectivity index (χ2n) is 7.33. The third-order valence-electron chi connectivity index (χ3n) is 4.72. The highest BCUT2D eigenvalue weighted by atomic mass is 19.4. The first-order chi connectivity index (χ1) is 16.7. The number of fused-ring (bicyclic) bond motifs is 1. The molecule has 0 saturated heterocycles. The van der Waals surface area contributed by atoms with Gasteiger partial charge in [-0.15, -0.1) is 0 Å². The zero-order chi connectivity index (χ0) is 25.4. The Kier molecular flexibility index (Phi) is 8.08. The predicted molar refractivity (Wildman–Crippen MR) is 125 cm³/mol. The summed E-state index contributed by atoms with van der Waals surface area (Å²) in [7, 11) is 0. The highest BCUT2D eigenvalue weighted by Gasteiger charge is 2.38. The molecule has 0 bridgehead atoms. The SMILES string of the molecule is CCCn1cc(C(=O)Nc2ccc(Oc3cccnc3)cc2)c2ccccc21.O=C(O)C(F)(F)F. The van der Waals surface area contributed by atoms with Crippen LogP contribution in [0, 0.1) is 0 Å². The van der Waals surface area contributed by atoms with Gasteiger partial charge in [0.2, 0.25) is 0 Å². The Bertz CT molecular complexity index is 1290. The fourth-order valence-electron chi connectivity index (χ4n) is 3.20. The molecular formula is C25H22F3N3O4. The van der Waals surface area contributed by atoms with Crippen LogP contribution in [0.4, 0.5) is 18.9 Å². The number of carboxylic acids is 1. The number of nitrogens with zero attached hydrogens (tertiary/aromatic N) is 2. The van der Waals surface area contributed by atoms with Crippen LogP contribution in [0.2, 0.25) is 0 Å². The Morgan fingerprint density at radius 1 is 1.03 bits per heavy atom. The third kappa shape index (κ3) is 6.83. The van der Waals surface area contributed by atoms with Crippen LogP contribution >= 0.6 is 0 Å². The number of carboxylic acid groups (broad SMARTS) is 1. The predicted octanol–water partition coefficient (Wildman–Crippen LogP) is 6.12. The molecule has 0 aliphatic carbocycles. The molecule has 10 heteroatoms. The van der Waals surface area contributed by atoms with Crippen molar-refractivity contribution in [1.29, 1.82) is 0 Å². The summed E-state index contributed by atoms with van der Waals surface area (Å²) in [5.74, 6) is -1.52. The minimum atomic E-state index is -5.08. The standard InChI is InChI=1S/C23H21N3O2.C2HF3O2/c1-2-14-26-16-21(20-7-3-4-8-22(20)26)23(27)25-17-9-11-18(12-10-17)28-19-6-5-13-24-15-19;3-2(4,5)1(6)7/h3-13,15-16H,2,14H2,1H3,(H,25,27);(H,6,7). The first kappa shape index (κ1) is 25.3. The van der Waals surface area contributed by atoms with Crippen molar-refractivity contribution >= 4 is 28.5 Å². The minimum absolute atomic E-state index is 0.119. The van der Waals surface area contributed by atoms with Gasteiger partial charge in [-0.2, -0.15) is 13.2 Å². The van der Waals surface area contributed by atoms with Gasteiger partial charge in [-0.05, 0) is 48.9 Å². The number of aromatic nitrogens is 2. The van der Waals surface area contributed by atoms with E-state index in [0.717, 1.165) is 29.6 Å². The van der Waals surface area contributed by atoms with Gasteiger partial charge in [0.05, 0.1) is 11.8 Å². The van der Waals surface area contributed by atoms with Crippen molar-refractivity contribution in [1.82, 2.24) is 9.55 Å². The number of aliphatic carboxylic acids is 1. The maximum atomic E-state index is 12.9. The molecule has 0 saturated carbocycles. The molecule has 0 atom stereocenters. The Morgan fingerprint density at radius 2 is 1.71 bits per heavy atom. The highest BCUT2D eigenvalue weighted by Crippen LogP contribution is 2.25. The van der Waals surface area contributed by atoms with Crippen molar-refractivity contribution in [2.75, 3.05) is 5.32 Å². The molecule has 0 spiro atoms. The minimum Gasteiger partial charge on any atom is -0.475 e. The van der Waals surface area contributed by atoms with Crippen LogP contribution < -0.4 is 10.1 Å². The Balaban J connectivity index is 0.000000429. The van der Waals surface area contributed by atoms with E-state index in [1.54, 1.807) is 12.4 Å². The topological polar surface area (TPSA) is 93.5 Å². The summed E-state index contributed by atoms with van der Waals surface area (Å²) < 4.78 is 39.6. The number of amides is 1. The van der Waals surface area contributed by atoms with Gasteiger partial charge in [-0.3, -0.25) is 9.78 Å². The van der Waals surface area contributed by atoms with E-state index >= 15 is 0 Å². The maximum Gasteiger partial charge on any atom is 0.490 e. The summed E-state index contributed by atoms with van der Waals surface area (Å²) in [5, 5.41) is 11.1. The Morgan fingerprint density at radius 3 is 2.31 bits per heavy atom. The lowest BCUT2D eigenvalue weighted by molar-refractivity contribution is -0.192. The quantitative estimate of drug-likeness (QED) is 0.343. The average Bonchev–Trinajstić information content (AvgIpc) is 3.20. The largest absolute Gasteiger partial charge is 0.490 e. The molecule has 2 aromatic carbocycles. The van der Waals surface area contributed by atoms with Crippen LogP contribution in [0.1, 0.15) is 23.7 Å². The first-order valence-corrected chi connectivity index (χ1v) is 10.6. The van der Waals surface area contributed by atoms with Gasteiger partial charge < -0.3 is 19.7 Å². The maximum absolute atomic E-state index is 12.9. The molecule has 7 nitrogen and oxygen atoms in total. The molecule has 4 rings (SSSR count). The zero-order valence-corrected chi connectivity index (χ0v) is 18.6. The number of carbonyl (C=O) groups excluding carboxylic acids is 1. The van der Waals surface area contributed by atoms with E-state index in [2.05, 4.69) is 21.8 Å². The summed E-state index contributed by atoms with van der Waals surface area (Å²) in [4.78, 5) is 25.8. The van der Waals surface area contributed by atoms with Crippen LogP contribution in [0.5, 0.6) is 11.5 Å². The van der Waals surface area contributed by atoms with E-state index in [1.807, 2.05) is 66.9 Å². The van der Waals surface area contributed by atoms with E-state index in [1.165, 1.54) is 0 Å². The number of hydrogen-bond donors (Lipinski definition) is 2. The van der Waals surface area contributed by atoms with Gasteiger partial charge in [0.15, 0.2) is 0 Å². The van der Waals surface area contributed by atoms with Gasteiger partial charge in [0, 0.05) is 35.5 Å². The average molecular weight is 485 g/mol. The van der Waals surface area contributed by atoms with Gasteiger partial charge >= 0.3 is 12.1 Å². The number of pyridine rings is 1. The number of alkyl halides is 3. The van der Waals surface area contributed by atoms with E-state index in [9.17, 15) is 18.0 Å². The molecule has 0 unspecified atom stereocenters. The summed E-state index contributed by atoms with van der Waals surface area (Å²) in [6, 6.07) is 19.0. The van der Waals surface area contributed by atoms with E-state index in [4.69, 9.17) is 14.6 Å². The second-order valence-corrected chi connectivity index (χ2v) is 7.33. The van der Waals surface area contributed by atoms with Gasteiger partial charge in [-0.25, -0.2) is 4.79 Å². The number of nitrogens with one attached hydrogen (secondary N) is 1. The fourth-order valence-corrected chi connectivity index (χ4v) is 3.20. The molecule has 0 aliphatic rings. The van der Waals surface area contributed by atoms with Crippen LogP contribution in [-0.2, 0) is 11.3 Å². The molecule has 4 aromatic rings. The number of halogens is 3. The number of hydrogen-bond acceptors (Lipinski definition) is 4. The number of para-hydroxylation sites is 1. The van der Waals surface area contributed by atoms with Crippen molar-refractivity contribution in [3.8, 4) is 11.5 Å². The van der Waals surface area contributed by atoms with Crippen LogP contribution in [0.25, 0.3) is 10.9 Å².